The summed E-state index contributed by atoms with van der Waals surface area (Å²) in [4.78, 5) is 14.6. The fourth-order valence-corrected chi connectivity index (χ4v) is 3.57. The van der Waals surface area contributed by atoms with Crippen molar-refractivity contribution >= 4 is 6.03 Å². The minimum absolute atomic E-state index is 0.104. The minimum atomic E-state index is -0.104. The molecule has 3 rings (SSSR count). The molecule has 0 aliphatic carbocycles. The van der Waals surface area contributed by atoms with Crippen LogP contribution in [-0.4, -0.2) is 40.9 Å². The van der Waals surface area contributed by atoms with E-state index in [9.17, 15) is 4.79 Å². The Morgan fingerprint density at radius 1 is 1.09 bits per heavy atom. The number of nitrogens with one attached hydrogen (secondary N) is 1. The molecule has 170 valence electrons. The van der Waals surface area contributed by atoms with E-state index in [1.807, 2.05) is 73.5 Å². The van der Waals surface area contributed by atoms with Crippen LogP contribution in [0, 0.1) is 5.92 Å². The van der Waals surface area contributed by atoms with Crippen LogP contribution in [0.25, 0.3) is 11.3 Å². The number of nitrogens with zero attached hydrogens (tertiary/aromatic N) is 3. The summed E-state index contributed by atoms with van der Waals surface area (Å²) < 4.78 is 13.5. The molecule has 1 N–H and O–H groups in total. The largest absolute Gasteiger partial charge is 0.493 e. The maximum Gasteiger partial charge on any atom is 0.317 e. The van der Waals surface area contributed by atoms with Gasteiger partial charge in [-0.05, 0) is 25.0 Å². The second-order valence-electron chi connectivity index (χ2n) is 7.98. The lowest BCUT2D eigenvalue weighted by atomic mass is 10.1. The molecule has 0 aliphatic rings. The van der Waals surface area contributed by atoms with Crippen LogP contribution in [0.3, 0.4) is 0 Å². The van der Waals surface area contributed by atoms with Gasteiger partial charge in [-0.25, -0.2) is 9.48 Å². The average molecular weight is 437 g/mol. The second kappa shape index (κ2) is 10.7. The molecule has 0 unspecified atom stereocenters. The lowest BCUT2D eigenvalue weighted by Gasteiger charge is -2.25. The normalized spacial score (nSPS) is 10.8. The maximum absolute atomic E-state index is 12.8. The van der Waals surface area contributed by atoms with Gasteiger partial charge in [-0.2, -0.15) is 5.10 Å². The van der Waals surface area contributed by atoms with Gasteiger partial charge in [-0.15, -0.1) is 0 Å². The van der Waals surface area contributed by atoms with Crippen LogP contribution in [0.4, 0.5) is 4.79 Å². The Morgan fingerprint density at radius 3 is 2.38 bits per heavy atom. The number of rotatable bonds is 9. The lowest BCUT2D eigenvalue weighted by Crippen LogP contribution is -2.41. The first-order chi connectivity index (χ1) is 15.4. The number of para-hydroxylation sites is 2. The van der Waals surface area contributed by atoms with Gasteiger partial charge in [-0.3, -0.25) is 0 Å². The SMILES string of the molecule is CCNC(=O)N(Cc1c(-c2ccccc2)nn(C)c1Oc1ccccc1OC)CC(C)C. The first-order valence-electron chi connectivity index (χ1n) is 10.9. The van der Waals surface area contributed by atoms with Crippen LogP contribution in [0.15, 0.2) is 54.6 Å². The highest BCUT2D eigenvalue weighted by Gasteiger charge is 2.25. The monoisotopic (exact) mass is 436 g/mol. The molecule has 1 heterocycles. The average Bonchev–Trinajstić information content (AvgIpc) is 3.09. The number of hydrogen-bond acceptors (Lipinski definition) is 4. The fraction of sp³-hybridized carbons (Fsp3) is 0.360. The van der Waals surface area contributed by atoms with Crippen molar-refractivity contribution < 1.29 is 14.3 Å². The molecule has 32 heavy (non-hydrogen) atoms. The van der Waals surface area contributed by atoms with Crippen molar-refractivity contribution in [3.05, 3.63) is 60.2 Å². The minimum Gasteiger partial charge on any atom is -0.493 e. The highest BCUT2D eigenvalue weighted by atomic mass is 16.5. The highest BCUT2D eigenvalue weighted by Crippen LogP contribution is 2.37. The molecule has 0 bridgehead atoms. The van der Waals surface area contributed by atoms with Crippen LogP contribution in [0.5, 0.6) is 17.4 Å². The van der Waals surface area contributed by atoms with Crippen LogP contribution in [0.1, 0.15) is 26.3 Å². The molecule has 0 aliphatic heterocycles. The van der Waals surface area contributed by atoms with Gasteiger partial charge in [0.25, 0.3) is 0 Å². The molecule has 2 aromatic carbocycles. The van der Waals surface area contributed by atoms with E-state index in [1.54, 1.807) is 11.8 Å². The zero-order valence-corrected chi connectivity index (χ0v) is 19.5. The van der Waals surface area contributed by atoms with Gasteiger partial charge in [0.1, 0.15) is 5.69 Å². The molecule has 0 radical (unpaired) electrons. The number of hydrogen-bond donors (Lipinski definition) is 1. The third kappa shape index (κ3) is 5.41. The molecule has 0 atom stereocenters. The Kier molecular flexibility index (Phi) is 7.76. The van der Waals surface area contributed by atoms with Crippen molar-refractivity contribution in [3.8, 4) is 28.6 Å². The van der Waals surface area contributed by atoms with E-state index in [-0.39, 0.29) is 6.03 Å². The summed E-state index contributed by atoms with van der Waals surface area (Å²) >= 11 is 0. The smallest absolute Gasteiger partial charge is 0.317 e. The molecule has 1 aromatic heterocycles. The molecular formula is C25H32N4O3. The van der Waals surface area contributed by atoms with Gasteiger partial charge in [0.15, 0.2) is 11.5 Å². The number of carbonyl (C=O) groups excluding carboxylic acids is 1. The maximum atomic E-state index is 12.8. The number of amides is 2. The van der Waals surface area contributed by atoms with Gasteiger partial charge in [-0.1, -0.05) is 56.3 Å². The van der Waals surface area contributed by atoms with Gasteiger partial charge < -0.3 is 19.7 Å². The number of benzene rings is 2. The van der Waals surface area contributed by atoms with E-state index in [2.05, 4.69) is 19.2 Å². The van der Waals surface area contributed by atoms with Gasteiger partial charge in [0, 0.05) is 25.7 Å². The summed E-state index contributed by atoms with van der Waals surface area (Å²) in [5, 5.41) is 7.69. The number of aromatic nitrogens is 2. The van der Waals surface area contributed by atoms with Crippen molar-refractivity contribution in [1.29, 1.82) is 0 Å². The molecule has 7 nitrogen and oxygen atoms in total. The second-order valence-corrected chi connectivity index (χ2v) is 7.98. The summed E-state index contributed by atoms with van der Waals surface area (Å²) in [5.41, 5.74) is 2.60. The topological polar surface area (TPSA) is 68.6 Å². The number of ether oxygens (including phenoxy) is 2. The van der Waals surface area contributed by atoms with Gasteiger partial charge >= 0.3 is 6.03 Å². The van der Waals surface area contributed by atoms with Gasteiger partial charge in [0.2, 0.25) is 5.88 Å². The van der Waals surface area contributed by atoms with Crippen molar-refractivity contribution in [2.45, 2.75) is 27.3 Å². The van der Waals surface area contributed by atoms with Crippen LogP contribution in [-0.2, 0) is 13.6 Å². The summed E-state index contributed by atoms with van der Waals surface area (Å²) in [6.45, 7) is 7.66. The number of urea groups is 1. The van der Waals surface area contributed by atoms with Crippen LogP contribution in [0.2, 0.25) is 0 Å². The standard InChI is InChI=1S/C25H32N4O3/c1-6-26-25(30)29(16-18(2)3)17-20-23(19-12-8-7-9-13-19)27-28(4)24(20)32-22-15-11-10-14-21(22)31-5/h7-15,18H,6,16-17H2,1-5H3,(H,26,30). The quantitative estimate of drug-likeness (QED) is 0.508. The van der Waals surface area contributed by atoms with E-state index < -0.39 is 0 Å². The van der Waals surface area contributed by atoms with Crippen molar-refractivity contribution in [3.63, 3.8) is 0 Å². The Labute approximate surface area is 190 Å². The Balaban J connectivity index is 2.09. The summed E-state index contributed by atoms with van der Waals surface area (Å²) in [6.07, 6.45) is 0. The third-order valence-corrected chi connectivity index (χ3v) is 4.96. The zero-order chi connectivity index (χ0) is 23.1. The predicted octanol–water partition coefficient (Wildman–Crippen LogP) is 5.08. The lowest BCUT2D eigenvalue weighted by molar-refractivity contribution is 0.188. The molecular weight excluding hydrogens is 404 g/mol. The molecule has 2 amide bonds. The summed E-state index contributed by atoms with van der Waals surface area (Å²) in [5.74, 6) is 2.11. The Morgan fingerprint density at radius 2 is 1.75 bits per heavy atom. The summed E-state index contributed by atoms with van der Waals surface area (Å²) in [7, 11) is 3.46. The van der Waals surface area contributed by atoms with E-state index in [1.165, 1.54) is 0 Å². The van der Waals surface area contributed by atoms with Crippen molar-refractivity contribution in [2.75, 3.05) is 20.2 Å². The van der Waals surface area contributed by atoms with Crippen molar-refractivity contribution in [2.24, 2.45) is 13.0 Å². The molecule has 0 spiro atoms. The predicted molar refractivity (Wildman–Crippen MR) is 126 cm³/mol. The fourth-order valence-electron chi connectivity index (χ4n) is 3.57. The summed E-state index contributed by atoms with van der Waals surface area (Å²) in [6, 6.07) is 17.3. The number of carbonyl (C=O) groups is 1. The van der Waals surface area contributed by atoms with E-state index in [0.717, 1.165) is 16.8 Å². The third-order valence-electron chi connectivity index (χ3n) is 4.96. The first kappa shape index (κ1) is 23.2. The molecule has 0 fully saturated rings. The first-order valence-corrected chi connectivity index (χ1v) is 10.9. The highest BCUT2D eigenvalue weighted by molar-refractivity contribution is 5.75. The number of aryl methyl sites for hydroxylation is 1. The van der Waals surface area contributed by atoms with Crippen LogP contribution >= 0.6 is 0 Å². The van der Waals surface area contributed by atoms with E-state index in [0.29, 0.717) is 42.9 Å². The van der Waals surface area contributed by atoms with E-state index in [4.69, 9.17) is 14.6 Å². The molecule has 3 aromatic rings. The Bertz CT molecular complexity index is 1030. The van der Waals surface area contributed by atoms with Gasteiger partial charge in [0.05, 0.1) is 19.2 Å². The Hall–Kier alpha value is -3.48. The number of methoxy groups -OCH3 is 1. The molecule has 0 saturated carbocycles. The van der Waals surface area contributed by atoms with Crippen molar-refractivity contribution in [1.82, 2.24) is 20.0 Å². The molecule has 0 saturated heterocycles. The van der Waals surface area contributed by atoms with E-state index >= 15 is 0 Å². The molecule has 7 heteroatoms. The van der Waals surface area contributed by atoms with Crippen LogP contribution < -0.4 is 14.8 Å². The zero-order valence-electron chi connectivity index (χ0n) is 19.5.